The summed E-state index contributed by atoms with van der Waals surface area (Å²) in [6.45, 7) is 22.2. The lowest BCUT2D eigenvalue weighted by molar-refractivity contribution is 0.0367. The molecule has 0 saturated heterocycles. The number of unbranched alkanes of at least 4 members (excludes halogenated alkanes) is 2. The van der Waals surface area contributed by atoms with Crippen LogP contribution in [0.4, 0.5) is 0 Å². The highest BCUT2D eigenvalue weighted by Crippen LogP contribution is 2.25. The predicted octanol–water partition coefficient (Wildman–Crippen LogP) is 11.1. The van der Waals surface area contributed by atoms with E-state index in [1.165, 1.54) is 19.3 Å². The standard InChI is InChI=1S/C22H37NO3S.C18H29NO2.CH4.ClH/c1-16(2)10-8-9-11-20(23-27(25)22(5,6)7)18-12-14-19(15-13-18)21(24)26-17(3)4;1-13(2)7-5-6-8-17(19)15-9-11-16(12-10-15)18(20)21-14(3)4;;/h12-17,20,23H,8-11H2,1-7H3;9-14,17H,5-8,19H2,1-4H3;1H4;1H/t20-,27+;17-;;/m11../s1. The van der Waals surface area contributed by atoms with Crippen LogP contribution in [-0.4, -0.2) is 33.1 Å². The second kappa shape index (κ2) is 25.7. The van der Waals surface area contributed by atoms with Crippen LogP contribution < -0.4 is 10.5 Å². The number of esters is 2. The Kier molecular flexibility index (Phi) is 25.6. The van der Waals surface area contributed by atoms with E-state index in [2.05, 4.69) is 32.4 Å². The van der Waals surface area contributed by atoms with Gasteiger partial charge in [-0.2, -0.15) is 0 Å². The van der Waals surface area contributed by atoms with Crippen molar-refractivity contribution in [3.8, 4) is 0 Å². The third kappa shape index (κ3) is 21.2. The van der Waals surface area contributed by atoms with E-state index in [9.17, 15) is 13.8 Å². The van der Waals surface area contributed by atoms with Crippen molar-refractivity contribution in [2.45, 2.75) is 164 Å². The minimum atomic E-state index is -1.15. The number of ether oxygens (including phenoxy) is 2. The quantitative estimate of drug-likeness (QED) is 0.116. The van der Waals surface area contributed by atoms with Gasteiger partial charge in [-0.25, -0.2) is 18.5 Å². The maximum absolute atomic E-state index is 12.6. The molecule has 50 heavy (non-hydrogen) atoms. The van der Waals surface area contributed by atoms with Gasteiger partial charge in [0.25, 0.3) is 0 Å². The van der Waals surface area contributed by atoms with Crippen LogP contribution in [0.15, 0.2) is 48.5 Å². The number of hydrogen-bond donors (Lipinski definition) is 2. The number of halogens is 1. The lowest BCUT2D eigenvalue weighted by Gasteiger charge is -2.25. The first kappa shape index (κ1) is 49.9. The topological polar surface area (TPSA) is 108 Å². The van der Waals surface area contributed by atoms with Crippen molar-refractivity contribution in [3.63, 3.8) is 0 Å². The summed E-state index contributed by atoms with van der Waals surface area (Å²) in [5, 5.41) is 0. The van der Waals surface area contributed by atoms with Crippen LogP contribution in [0.2, 0.25) is 0 Å². The molecule has 7 nitrogen and oxygen atoms in total. The molecule has 0 heterocycles. The minimum absolute atomic E-state index is 0. The molecule has 0 aliphatic rings. The third-order valence-corrected chi connectivity index (χ3v) is 9.30. The Labute approximate surface area is 314 Å². The summed E-state index contributed by atoms with van der Waals surface area (Å²) >= 11 is 0. The molecule has 0 amide bonds. The molecule has 2 rings (SSSR count). The molecule has 2 aromatic carbocycles. The Bertz CT molecular complexity index is 1230. The van der Waals surface area contributed by atoms with Crippen LogP contribution in [0, 0.1) is 11.8 Å². The Balaban J connectivity index is 0. The molecular formula is C41H71ClN2O5S. The molecule has 3 N–H and O–H groups in total. The van der Waals surface area contributed by atoms with Gasteiger partial charge in [0.15, 0.2) is 0 Å². The van der Waals surface area contributed by atoms with E-state index in [-0.39, 0.29) is 60.8 Å². The molecule has 0 aliphatic carbocycles. The van der Waals surface area contributed by atoms with Crippen LogP contribution in [0.3, 0.4) is 0 Å². The molecule has 9 heteroatoms. The Morgan fingerprint density at radius 3 is 1.38 bits per heavy atom. The third-order valence-electron chi connectivity index (χ3n) is 7.69. The lowest BCUT2D eigenvalue weighted by Crippen LogP contribution is -2.35. The molecule has 0 aliphatic heterocycles. The smallest absolute Gasteiger partial charge is 0.338 e. The molecule has 2 aromatic rings. The highest BCUT2D eigenvalue weighted by molar-refractivity contribution is 7.84. The van der Waals surface area contributed by atoms with Crippen molar-refractivity contribution < 1.29 is 23.3 Å². The second-order valence-electron chi connectivity index (χ2n) is 15.2. The van der Waals surface area contributed by atoms with Gasteiger partial charge in [-0.15, -0.1) is 12.4 Å². The summed E-state index contributed by atoms with van der Waals surface area (Å²) in [6.07, 6.45) is 8.75. The van der Waals surface area contributed by atoms with Gasteiger partial charge in [0.1, 0.15) is 0 Å². The zero-order valence-corrected chi connectivity index (χ0v) is 33.8. The van der Waals surface area contributed by atoms with E-state index in [0.717, 1.165) is 49.1 Å². The molecule has 0 bridgehead atoms. The Morgan fingerprint density at radius 1 is 0.660 bits per heavy atom. The van der Waals surface area contributed by atoms with E-state index in [1.807, 2.05) is 72.7 Å². The average Bonchev–Trinajstić information content (AvgIpc) is 2.99. The summed E-state index contributed by atoms with van der Waals surface area (Å²) in [5.74, 6) is 0.872. The summed E-state index contributed by atoms with van der Waals surface area (Å²) in [4.78, 5) is 23.8. The zero-order chi connectivity index (χ0) is 36.4. The number of hydrogen-bond acceptors (Lipinski definition) is 6. The summed E-state index contributed by atoms with van der Waals surface area (Å²) in [6, 6.07) is 15.0. The zero-order valence-electron chi connectivity index (χ0n) is 32.2. The number of nitrogens with two attached hydrogens (primary N) is 1. The van der Waals surface area contributed by atoms with Gasteiger partial charge in [-0.05, 0) is 109 Å². The summed E-state index contributed by atoms with van der Waals surface area (Å²) in [5.41, 5.74) is 9.47. The highest BCUT2D eigenvalue weighted by Gasteiger charge is 2.24. The first-order chi connectivity index (χ1) is 22.4. The van der Waals surface area contributed by atoms with Crippen LogP contribution in [-0.2, 0) is 20.5 Å². The summed E-state index contributed by atoms with van der Waals surface area (Å²) in [7, 11) is -1.15. The molecule has 0 unspecified atom stereocenters. The maximum Gasteiger partial charge on any atom is 0.338 e. The van der Waals surface area contributed by atoms with Gasteiger partial charge < -0.3 is 15.2 Å². The normalized spacial score (nSPS) is 13.1. The monoisotopic (exact) mass is 738 g/mol. The highest BCUT2D eigenvalue weighted by atomic mass is 35.5. The molecule has 288 valence electrons. The fourth-order valence-electron chi connectivity index (χ4n) is 4.87. The van der Waals surface area contributed by atoms with Crippen LogP contribution >= 0.6 is 12.4 Å². The van der Waals surface area contributed by atoms with E-state index < -0.39 is 11.0 Å². The second-order valence-corrected chi connectivity index (χ2v) is 17.2. The van der Waals surface area contributed by atoms with Gasteiger partial charge in [0.2, 0.25) is 0 Å². The van der Waals surface area contributed by atoms with Gasteiger partial charge in [0.05, 0.1) is 39.1 Å². The molecular weight excluding hydrogens is 668 g/mol. The molecule has 0 aromatic heterocycles. The molecule has 0 spiro atoms. The van der Waals surface area contributed by atoms with E-state index in [1.54, 1.807) is 24.3 Å². The van der Waals surface area contributed by atoms with Crippen LogP contribution in [0.1, 0.15) is 179 Å². The number of nitrogens with one attached hydrogen (secondary N) is 1. The maximum atomic E-state index is 12.6. The number of rotatable bonds is 18. The largest absolute Gasteiger partial charge is 0.459 e. The molecule has 0 fully saturated rings. The first-order valence-corrected chi connectivity index (χ1v) is 19.1. The fraction of sp³-hybridized carbons (Fsp3) is 0.659. The van der Waals surface area contributed by atoms with Gasteiger partial charge >= 0.3 is 11.9 Å². The number of carbonyl (C=O) groups excluding carboxylic acids is 2. The van der Waals surface area contributed by atoms with E-state index >= 15 is 0 Å². The van der Waals surface area contributed by atoms with Gasteiger partial charge in [-0.3, -0.25) is 0 Å². The van der Waals surface area contributed by atoms with Crippen molar-refractivity contribution in [2.24, 2.45) is 17.6 Å². The van der Waals surface area contributed by atoms with E-state index in [4.69, 9.17) is 15.2 Å². The fourth-order valence-corrected chi connectivity index (χ4v) is 5.73. The van der Waals surface area contributed by atoms with Crippen molar-refractivity contribution >= 4 is 35.3 Å². The van der Waals surface area contributed by atoms with Gasteiger partial charge in [0, 0.05) is 12.1 Å². The molecule has 0 saturated carbocycles. The lowest BCUT2D eigenvalue weighted by atomic mass is 9.98. The van der Waals surface area contributed by atoms with Crippen LogP contribution in [0.5, 0.6) is 0 Å². The summed E-state index contributed by atoms with van der Waals surface area (Å²) < 4.78 is 26.0. The van der Waals surface area contributed by atoms with Crippen molar-refractivity contribution in [2.75, 3.05) is 0 Å². The van der Waals surface area contributed by atoms with Gasteiger partial charge in [-0.1, -0.05) is 97.9 Å². The Morgan fingerprint density at radius 2 is 1.02 bits per heavy atom. The van der Waals surface area contributed by atoms with Crippen LogP contribution in [0.25, 0.3) is 0 Å². The SMILES string of the molecule is C.CC(C)CCCC[C@@H](N)c1ccc(C(=O)OC(C)C)cc1.CC(C)CCCC[C@@H](N[S@@](=O)C(C)(C)C)c1ccc(C(=O)OC(C)C)cc1.Cl. The first-order valence-electron chi connectivity index (χ1n) is 18.0. The minimum Gasteiger partial charge on any atom is -0.459 e. The van der Waals surface area contributed by atoms with E-state index in [0.29, 0.717) is 17.0 Å². The van der Waals surface area contributed by atoms with Crippen molar-refractivity contribution in [3.05, 3.63) is 70.8 Å². The van der Waals surface area contributed by atoms with Crippen molar-refractivity contribution in [1.82, 2.24) is 4.72 Å². The van der Waals surface area contributed by atoms with Crippen molar-refractivity contribution in [1.29, 1.82) is 0 Å². The average molecular weight is 740 g/mol. The molecule has 3 atom stereocenters. The number of carbonyl (C=O) groups is 2. The number of benzene rings is 2. The Hall–Kier alpha value is -2.26. The predicted molar refractivity (Wildman–Crippen MR) is 215 cm³/mol. The molecule has 0 radical (unpaired) electrons.